The molecule has 15 nitrogen and oxygen atoms in total. The fourth-order valence-electron chi connectivity index (χ4n) is 2.17. The Balaban J connectivity index is 5.54. The first-order valence-corrected chi connectivity index (χ1v) is 8.86. The molecule has 0 rings (SSSR count). The van der Waals surface area contributed by atoms with Crippen molar-refractivity contribution >= 4 is 41.5 Å². The molecule has 15 heteroatoms. The molecular weight excluding hydrogens is 422 g/mol. The number of carboxylic acid groups (broad SMARTS) is 3. The van der Waals surface area contributed by atoms with Crippen LogP contribution in [-0.4, -0.2) is 81.0 Å². The van der Waals surface area contributed by atoms with Crippen LogP contribution in [0.4, 0.5) is 0 Å². The van der Waals surface area contributed by atoms with Crippen molar-refractivity contribution in [2.24, 2.45) is 11.5 Å². The highest BCUT2D eigenvalue weighted by molar-refractivity contribution is 5.96. The Morgan fingerprint density at radius 2 is 1.23 bits per heavy atom. The summed E-state index contributed by atoms with van der Waals surface area (Å²) in [7, 11) is 0. The van der Waals surface area contributed by atoms with Crippen LogP contribution in [0.25, 0.3) is 0 Å². The lowest BCUT2D eigenvalue weighted by Gasteiger charge is -2.24. The maximum absolute atomic E-state index is 12.5. The molecular formula is C16H25N5O10. The van der Waals surface area contributed by atoms with Crippen LogP contribution in [0.2, 0.25) is 0 Å². The van der Waals surface area contributed by atoms with E-state index < -0.39 is 91.4 Å². The van der Waals surface area contributed by atoms with Crippen molar-refractivity contribution < 1.29 is 48.9 Å². The van der Waals surface area contributed by atoms with Gasteiger partial charge >= 0.3 is 17.9 Å². The van der Waals surface area contributed by atoms with Gasteiger partial charge in [0.05, 0.1) is 18.9 Å². The molecule has 0 spiro atoms. The number of hydrogen-bond donors (Lipinski definition) is 8. The van der Waals surface area contributed by atoms with Gasteiger partial charge < -0.3 is 42.7 Å². The van der Waals surface area contributed by atoms with Crippen molar-refractivity contribution in [3.8, 4) is 0 Å². The van der Waals surface area contributed by atoms with E-state index in [0.717, 1.165) is 0 Å². The third kappa shape index (κ3) is 11.1. The zero-order valence-electron chi connectivity index (χ0n) is 16.5. The van der Waals surface area contributed by atoms with Crippen LogP contribution in [0.3, 0.4) is 0 Å². The highest BCUT2D eigenvalue weighted by Gasteiger charge is 2.31. The molecule has 0 aliphatic carbocycles. The van der Waals surface area contributed by atoms with Crippen molar-refractivity contribution in [1.82, 2.24) is 16.0 Å². The maximum Gasteiger partial charge on any atom is 0.326 e. The van der Waals surface area contributed by atoms with Gasteiger partial charge in [0.25, 0.3) is 0 Å². The topological polar surface area (TPSA) is 268 Å². The van der Waals surface area contributed by atoms with E-state index in [2.05, 4.69) is 10.6 Å². The van der Waals surface area contributed by atoms with E-state index in [4.69, 9.17) is 26.8 Å². The van der Waals surface area contributed by atoms with Crippen LogP contribution in [0.1, 0.15) is 32.6 Å². The molecule has 0 aliphatic rings. The van der Waals surface area contributed by atoms with Gasteiger partial charge in [0.2, 0.25) is 23.6 Å². The monoisotopic (exact) mass is 447 g/mol. The molecule has 0 radical (unpaired) electrons. The van der Waals surface area contributed by atoms with Crippen LogP contribution in [0.15, 0.2) is 0 Å². The standard InChI is InChI=1S/C16H25N5O10/c1-6(17)13(27)20-8(4-10(18)22)15(29)19-7(2-3-11(23)24)14(28)21-9(16(30)31)5-12(25)26/h6-9H,2-5,17H2,1H3,(H2,18,22)(H,19,29)(H,20,27)(H,21,28)(H,23,24)(H,25,26)(H,30,31). The van der Waals surface area contributed by atoms with Crippen molar-refractivity contribution in [2.75, 3.05) is 0 Å². The average molecular weight is 447 g/mol. The lowest BCUT2D eigenvalue weighted by atomic mass is 10.1. The molecule has 0 bridgehead atoms. The third-order valence-electron chi connectivity index (χ3n) is 3.73. The Labute approximate surface area is 175 Å². The summed E-state index contributed by atoms with van der Waals surface area (Å²) < 4.78 is 0. The molecule has 0 heterocycles. The Hall–Kier alpha value is -3.75. The van der Waals surface area contributed by atoms with E-state index in [0.29, 0.717) is 0 Å². The Kier molecular flexibility index (Phi) is 11.2. The van der Waals surface area contributed by atoms with Gasteiger partial charge in [-0.25, -0.2) is 4.79 Å². The third-order valence-corrected chi connectivity index (χ3v) is 3.73. The normalized spacial score (nSPS) is 14.3. The number of rotatable bonds is 14. The molecule has 0 aromatic carbocycles. The first-order chi connectivity index (χ1) is 14.2. The average Bonchev–Trinajstić information content (AvgIpc) is 2.62. The quantitative estimate of drug-likeness (QED) is 0.127. The summed E-state index contributed by atoms with van der Waals surface area (Å²) in [4.78, 5) is 80.5. The molecule has 10 N–H and O–H groups in total. The molecule has 0 aromatic rings. The van der Waals surface area contributed by atoms with Crippen molar-refractivity contribution in [1.29, 1.82) is 0 Å². The van der Waals surface area contributed by atoms with E-state index in [1.54, 1.807) is 0 Å². The predicted octanol–water partition coefficient (Wildman–Crippen LogP) is -3.91. The largest absolute Gasteiger partial charge is 0.481 e. The zero-order chi connectivity index (χ0) is 24.3. The van der Waals surface area contributed by atoms with Crippen LogP contribution in [0, 0.1) is 0 Å². The number of carbonyl (C=O) groups is 7. The molecule has 174 valence electrons. The number of carbonyl (C=O) groups excluding carboxylic acids is 4. The highest BCUT2D eigenvalue weighted by atomic mass is 16.4. The van der Waals surface area contributed by atoms with E-state index in [-0.39, 0.29) is 0 Å². The maximum atomic E-state index is 12.5. The first-order valence-electron chi connectivity index (χ1n) is 8.86. The first kappa shape index (κ1) is 27.2. The molecule has 0 saturated carbocycles. The predicted molar refractivity (Wildman–Crippen MR) is 100 cm³/mol. The number of primary amides is 1. The van der Waals surface area contributed by atoms with Crippen LogP contribution in [0.5, 0.6) is 0 Å². The van der Waals surface area contributed by atoms with E-state index >= 15 is 0 Å². The fraction of sp³-hybridized carbons (Fsp3) is 0.562. The number of aliphatic carboxylic acids is 3. The van der Waals surface area contributed by atoms with Crippen molar-refractivity contribution in [2.45, 2.75) is 56.8 Å². The van der Waals surface area contributed by atoms with Crippen LogP contribution >= 0.6 is 0 Å². The fourth-order valence-corrected chi connectivity index (χ4v) is 2.17. The molecule has 0 saturated heterocycles. The summed E-state index contributed by atoms with van der Waals surface area (Å²) in [6, 6.07) is -6.08. The molecule has 4 unspecified atom stereocenters. The summed E-state index contributed by atoms with van der Waals surface area (Å²) in [6.45, 7) is 1.30. The molecule has 31 heavy (non-hydrogen) atoms. The number of nitrogens with two attached hydrogens (primary N) is 2. The zero-order valence-corrected chi connectivity index (χ0v) is 16.5. The molecule has 0 fully saturated rings. The number of carboxylic acids is 3. The Bertz CT molecular complexity index is 738. The van der Waals surface area contributed by atoms with Gasteiger partial charge in [-0.2, -0.15) is 0 Å². The lowest BCUT2D eigenvalue weighted by molar-refractivity contribution is -0.147. The number of amides is 4. The highest BCUT2D eigenvalue weighted by Crippen LogP contribution is 2.03. The van der Waals surface area contributed by atoms with E-state index in [1.807, 2.05) is 5.32 Å². The SMILES string of the molecule is CC(N)C(=O)NC(CC(N)=O)C(=O)NC(CCC(=O)O)C(=O)NC(CC(=O)O)C(=O)O. The molecule has 0 aliphatic heterocycles. The number of hydrogen-bond acceptors (Lipinski definition) is 8. The van der Waals surface area contributed by atoms with Gasteiger partial charge in [0.15, 0.2) is 0 Å². The van der Waals surface area contributed by atoms with Crippen LogP contribution < -0.4 is 27.4 Å². The lowest BCUT2D eigenvalue weighted by Crippen LogP contribution is -2.57. The van der Waals surface area contributed by atoms with Gasteiger partial charge in [-0.15, -0.1) is 0 Å². The van der Waals surface area contributed by atoms with Gasteiger partial charge in [0.1, 0.15) is 18.1 Å². The van der Waals surface area contributed by atoms with Gasteiger partial charge in [0, 0.05) is 6.42 Å². The summed E-state index contributed by atoms with van der Waals surface area (Å²) in [6.07, 6.45) is -2.78. The molecule has 4 atom stereocenters. The molecule has 4 amide bonds. The van der Waals surface area contributed by atoms with Gasteiger partial charge in [-0.05, 0) is 13.3 Å². The van der Waals surface area contributed by atoms with Crippen molar-refractivity contribution in [3.05, 3.63) is 0 Å². The second kappa shape index (κ2) is 12.7. The summed E-state index contributed by atoms with van der Waals surface area (Å²) in [5, 5.41) is 32.7. The Morgan fingerprint density at radius 3 is 1.65 bits per heavy atom. The summed E-state index contributed by atoms with van der Waals surface area (Å²) in [5.41, 5.74) is 10.4. The Morgan fingerprint density at radius 1 is 0.742 bits per heavy atom. The minimum absolute atomic E-state index is 0.503. The summed E-state index contributed by atoms with van der Waals surface area (Å²) >= 11 is 0. The second-order valence-corrected chi connectivity index (χ2v) is 6.51. The molecule has 0 aromatic heterocycles. The smallest absolute Gasteiger partial charge is 0.326 e. The van der Waals surface area contributed by atoms with Crippen molar-refractivity contribution in [3.63, 3.8) is 0 Å². The second-order valence-electron chi connectivity index (χ2n) is 6.51. The van der Waals surface area contributed by atoms with Gasteiger partial charge in [-0.1, -0.05) is 0 Å². The minimum atomic E-state index is -1.85. The minimum Gasteiger partial charge on any atom is -0.481 e. The summed E-state index contributed by atoms with van der Waals surface area (Å²) in [5.74, 6) is -8.62. The van der Waals surface area contributed by atoms with E-state index in [1.165, 1.54) is 6.92 Å². The number of nitrogens with one attached hydrogen (secondary N) is 3. The van der Waals surface area contributed by atoms with E-state index in [9.17, 15) is 33.6 Å². The van der Waals surface area contributed by atoms with Crippen LogP contribution in [-0.2, 0) is 33.6 Å². The van der Waals surface area contributed by atoms with Gasteiger partial charge in [-0.3, -0.25) is 28.8 Å².